The number of aliphatic carboxylic acids is 1. The fourth-order valence-corrected chi connectivity index (χ4v) is 1.33. The topological polar surface area (TPSA) is 105 Å². The second kappa shape index (κ2) is 4.82. The first-order chi connectivity index (χ1) is 7.80. The number of carboxylic acid groups (broad SMARTS) is 1. The second-order valence-electron chi connectivity index (χ2n) is 4.39. The lowest BCUT2D eigenvalue weighted by molar-refractivity contribution is -0.138. The zero-order valence-corrected chi connectivity index (χ0v) is 9.73. The summed E-state index contributed by atoms with van der Waals surface area (Å²) in [6, 6.07) is 3.05. The minimum absolute atomic E-state index is 0.159. The van der Waals surface area contributed by atoms with E-state index in [9.17, 15) is 9.59 Å². The molecule has 0 fully saturated rings. The summed E-state index contributed by atoms with van der Waals surface area (Å²) >= 11 is 0. The van der Waals surface area contributed by atoms with Crippen LogP contribution in [0.2, 0.25) is 0 Å². The number of pyridine rings is 1. The number of nitrogen functional groups attached to an aromatic ring is 1. The molecule has 0 spiro atoms. The summed E-state index contributed by atoms with van der Waals surface area (Å²) in [5.74, 6) is -1.39. The Balaban J connectivity index is 2.72. The van der Waals surface area contributed by atoms with Gasteiger partial charge in [0.15, 0.2) is 0 Å². The highest BCUT2D eigenvalue weighted by Crippen LogP contribution is 2.10. The van der Waals surface area contributed by atoms with E-state index in [1.54, 1.807) is 19.9 Å². The largest absolute Gasteiger partial charge is 0.481 e. The van der Waals surface area contributed by atoms with E-state index in [1.807, 2.05) is 0 Å². The van der Waals surface area contributed by atoms with E-state index in [1.165, 1.54) is 12.3 Å². The molecule has 0 aliphatic heterocycles. The van der Waals surface area contributed by atoms with E-state index in [-0.39, 0.29) is 12.1 Å². The van der Waals surface area contributed by atoms with Crippen molar-refractivity contribution in [1.82, 2.24) is 10.3 Å². The van der Waals surface area contributed by atoms with E-state index >= 15 is 0 Å². The molecule has 6 heteroatoms. The lowest BCUT2D eigenvalue weighted by Crippen LogP contribution is -2.45. The number of anilines is 1. The Morgan fingerprint density at radius 2 is 2.12 bits per heavy atom. The molecule has 6 nitrogen and oxygen atoms in total. The van der Waals surface area contributed by atoms with Gasteiger partial charge < -0.3 is 16.2 Å². The van der Waals surface area contributed by atoms with Crippen LogP contribution >= 0.6 is 0 Å². The smallest absolute Gasteiger partial charge is 0.305 e. The Morgan fingerprint density at radius 3 is 2.59 bits per heavy atom. The van der Waals surface area contributed by atoms with Crippen molar-refractivity contribution in [3.63, 3.8) is 0 Å². The maximum Gasteiger partial charge on any atom is 0.305 e. The molecule has 17 heavy (non-hydrogen) atoms. The van der Waals surface area contributed by atoms with Crippen molar-refractivity contribution < 1.29 is 14.7 Å². The third-order valence-corrected chi connectivity index (χ3v) is 2.06. The van der Waals surface area contributed by atoms with Gasteiger partial charge in [-0.2, -0.15) is 0 Å². The Labute approximate surface area is 98.8 Å². The number of hydrogen-bond acceptors (Lipinski definition) is 4. The molecule has 0 aromatic carbocycles. The average Bonchev–Trinajstić information content (AvgIpc) is 2.15. The first-order valence-electron chi connectivity index (χ1n) is 5.06. The molecule has 1 aromatic heterocycles. The zero-order chi connectivity index (χ0) is 13.1. The fourth-order valence-electron chi connectivity index (χ4n) is 1.33. The summed E-state index contributed by atoms with van der Waals surface area (Å²) in [5.41, 5.74) is 5.29. The van der Waals surface area contributed by atoms with Crippen LogP contribution in [0, 0.1) is 0 Å². The number of rotatable bonds is 4. The van der Waals surface area contributed by atoms with Crippen LogP contribution in [-0.2, 0) is 4.79 Å². The van der Waals surface area contributed by atoms with E-state index in [2.05, 4.69) is 10.3 Å². The third-order valence-electron chi connectivity index (χ3n) is 2.06. The Bertz CT molecular complexity index is 426. The van der Waals surface area contributed by atoms with E-state index in [0.717, 1.165) is 0 Å². The number of nitrogens with zero attached hydrogens (tertiary/aromatic N) is 1. The highest BCUT2D eigenvalue weighted by Gasteiger charge is 2.24. The van der Waals surface area contributed by atoms with Gasteiger partial charge in [-0.15, -0.1) is 0 Å². The van der Waals surface area contributed by atoms with Crippen LogP contribution in [0.15, 0.2) is 18.3 Å². The van der Waals surface area contributed by atoms with Crippen LogP contribution in [0.3, 0.4) is 0 Å². The summed E-state index contributed by atoms with van der Waals surface area (Å²) in [5, 5.41) is 11.3. The zero-order valence-electron chi connectivity index (χ0n) is 9.73. The molecule has 92 valence electrons. The quantitative estimate of drug-likeness (QED) is 0.712. The first-order valence-corrected chi connectivity index (χ1v) is 5.06. The summed E-state index contributed by atoms with van der Waals surface area (Å²) in [7, 11) is 0. The lowest BCUT2D eigenvalue weighted by Gasteiger charge is -2.23. The molecule has 0 atom stereocenters. The highest BCUT2D eigenvalue weighted by molar-refractivity contribution is 5.93. The van der Waals surface area contributed by atoms with Gasteiger partial charge in [0.25, 0.3) is 5.91 Å². The monoisotopic (exact) mass is 237 g/mol. The minimum atomic E-state index is -0.972. The molecule has 4 N–H and O–H groups in total. The van der Waals surface area contributed by atoms with Crippen LogP contribution in [-0.4, -0.2) is 27.5 Å². The maximum atomic E-state index is 11.7. The van der Waals surface area contributed by atoms with Gasteiger partial charge >= 0.3 is 5.97 Å². The fraction of sp³-hybridized carbons (Fsp3) is 0.364. The molecule has 1 rings (SSSR count). The van der Waals surface area contributed by atoms with Crippen molar-refractivity contribution in [2.45, 2.75) is 25.8 Å². The summed E-state index contributed by atoms with van der Waals surface area (Å²) < 4.78 is 0. The molecule has 1 amide bonds. The van der Waals surface area contributed by atoms with Crippen LogP contribution in [0.4, 0.5) is 5.69 Å². The molecular weight excluding hydrogens is 222 g/mol. The highest BCUT2D eigenvalue weighted by atomic mass is 16.4. The van der Waals surface area contributed by atoms with Gasteiger partial charge in [0.2, 0.25) is 0 Å². The standard InChI is InChI=1S/C11H15N3O3/c1-11(2,5-9(15)16)14-10(17)8-4-3-7(12)6-13-8/h3-4,6H,5,12H2,1-2H3,(H,14,17)(H,15,16). The average molecular weight is 237 g/mol. The lowest BCUT2D eigenvalue weighted by atomic mass is 10.0. The molecule has 0 saturated carbocycles. The first kappa shape index (κ1) is 13.0. The molecule has 0 radical (unpaired) electrons. The second-order valence-corrected chi connectivity index (χ2v) is 4.39. The predicted molar refractivity (Wildman–Crippen MR) is 62.4 cm³/mol. The normalized spacial score (nSPS) is 10.9. The molecule has 0 aliphatic rings. The van der Waals surface area contributed by atoms with Gasteiger partial charge in [-0.25, -0.2) is 4.98 Å². The van der Waals surface area contributed by atoms with E-state index in [4.69, 9.17) is 10.8 Å². The SMILES string of the molecule is CC(C)(CC(=O)O)NC(=O)c1ccc(N)cn1. The van der Waals surface area contributed by atoms with Crippen molar-refractivity contribution in [3.05, 3.63) is 24.0 Å². The van der Waals surface area contributed by atoms with Gasteiger partial charge in [-0.3, -0.25) is 9.59 Å². The molecule has 0 aliphatic carbocycles. The van der Waals surface area contributed by atoms with Crippen LogP contribution in [0.1, 0.15) is 30.8 Å². The molecular formula is C11H15N3O3. The van der Waals surface area contributed by atoms with Crippen LogP contribution < -0.4 is 11.1 Å². The number of carbonyl (C=O) groups is 2. The van der Waals surface area contributed by atoms with Gasteiger partial charge in [0.1, 0.15) is 5.69 Å². The van der Waals surface area contributed by atoms with Crippen molar-refractivity contribution >= 4 is 17.6 Å². The molecule has 0 saturated heterocycles. The van der Waals surface area contributed by atoms with Gasteiger partial charge in [0, 0.05) is 5.54 Å². The third kappa shape index (κ3) is 4.10. The Hall–Kier alpha value is -2.11. The number of carbonyl (C=O) groups excluding carboxylic acids is 1. The number of carboxylic acids is 1. The van der Waals surface area contributed by atoms with Gasteiger partial charge in [-0.1, -0.05) is 0 Å². The number of amides is 1. The van der Waals surface area contributed by atoms with E-state index in [0.29, 0.717) is 5.69 Å². The molecule has 1 aromatic rings. The Kier molecular flexibility index (Phi) is 3.67. The number of hydrogen-bond donors (Lipinski definition) is 3. The number of aromatic nitrogens is 1. The molecule has 0 unspecified atom stereocenters. The van der Waals surface area contributed by atoms with Gasteiger partial charge in [-0.05, 0) is 26.0 Å². The number of nitrogens with one attached hydrogen (secondary N) is 1. The Morgan fingerprint density at radius 1 is 1.47 bits per heavy atom. The van der Waals surface area contributed by atoms with E-state index < -0.39 is 17.4 Å². The van der Waals surface area contributed by atoms with Crippen molar-refractivity contribution in [2.24, 2.45) is 0 Å². The maximum absolute atomic E-state index is 11.7. The summed E-state index contributed by atoms with van der Waals surface area (Å²) in [6.07, 6.45) is 1.22. The van der Waals surface area contributed by atoms with Crippen LogP contribution in [0.5, 0.6) is 0 Å². The van der Waals surface area contributed by atoms with Crippen molar-refractivity contribution in [1.29, 1.82) is 0 Å². The molecule has 1 heterocycles. The van der Waals surface area contributed by atoms with Gasteiger partial charge in [0.05, 0.1) is 18.3 Å². The van der Waals surface area contributed by atoms with Crippen molar-refractivity contribution in [3.8, 4) is 0 Å². The molecule has 0 bridgehead atoms. The predicted octanol–water partition coefficient (Wildman–Crippen LogP) is 0.647. The number of nitrogens with two attached hydrogens (primary N) is 1. The van der Waals surface area contributed by atoms with Crippen LogP contribution in [0.25, 0.3) is 0 Å². The van der Waals surface area contributed by atoms with Crippen molar-refractivity contribution in [2.75, 3.05) is 5.73 Å². The summed E-state index contributed by atoms with van der Waals surface area (Å²) in [4.78, 5) is 26.2. The minimum Gasteiger partial charge on any atom is -0.481 e. The summed E-state index contributed by atoms with van der Waals surface area (Å²) in [6.45, 7) is 3.27.